The minimum Gasteiger partial charge on any atom is -0.487 e. The Morgan fingerprint density at radius 1 is 1.32 bits per heavy atom. The molecule has 2 N–H and O–H groups in total. The van der Waals surface area contributed by atoms with Crippen molar-refractivity contribution in [1.82, 2.24) is 0 Å². The van der Waals surface area contributed by atoms with Crippen molar-refractivity contribution in [3.8, 4) is 5.75 Å². The molecule has 0 heterocycles. The van der Waals surface area contributed by atoms with Gasteiger partial charge in [0.15, 0.2) is 11.6 Å². The molecule has 106 valence electrons. The zero-order valence-electron chi connectivity index (χ0n) is 11.9. The van der Waals surface area contributed by atoms with Crippen LogP contribution in [-0.4, -0.2) is 12.1 Å². The van der Waals surface area contributed by atoms with Crippen molar-refractivity contribution in [3.05, 3.63) is 29.6 Å². The van der Waals surface area contributed by atoms with Crippen LogP contribution in [0.5, 0.6) is 5.75 Å². The lowest BCUT2D eigenvalue weighted by atomic mass is 9.89. The van der Waals surface area contributed by atoms with E-state index in [2.05, 4.69) is 6.92 Å². The second-order valence-electron chi connectivity index (χ2n) is 5.91. The van der Waals surface area contributed by atoms with E-state index in [1.54, 1.807) is 6.07 Å². The third kappa shape index (κ3) is 3.93. The summed E-state index contributed by atoms with van der Waals surface area (Å²) in [5, 5.41) is 0. The molecule has 1 aliphatic carbocycles. The van der Waals surface area contributed by atoms with E-state index >= 15 is 0 Å². The van der Waals surface area contributed by atoms with Crippen molar-refractivity contribution < 1.29 is 9.13 Å². The van der Waals surface area contributed by atoms with Crippen LogP contribution in [0, 0.1) is 11.7 Å². The molecule has 1 fully saturated rings. The van der Waals surface area contributed by atoms with Crippen LogP contribution >= 0.6 is 0 Å². The Kier molecular flexibility index (Phi) is 4.81. The van der Waals surface area contributed by atoms with Crippen molar-refractivity contribution in [2.24, 2.45) is 11.7 Å². The molecule has 0 aliphatic heterocycles. The number of para-hydroxylation sites is 1. The van der Waals surface area contributed by atoms with Gasteiger partial charge < -0.3 is 10.5 Å². The van der Waals surface area contributed by atoms with E-state index in [0.29, 0.717) is 12.2 Å². The maximum absolute atomic E-state index is 14.0. The molecular formula is C16H24FNO. The molecule has 3 heteroatoms. The minimum absolute atomic E-state index is 0.00975. The number of hydrogen-bond acceptors (Lipinski definition) is 2. The molecule has 1 atom stereocenters. The molecular weight excluding hydrogens is 241 g/mol. The van der Waals surface area contributed by atoms with Gasteiger partial charge in [-0.25, -0.2) is 4.39 Å². The molecule has 2 rings (SSSR count). The second-order valence-corrected chi connectivity index (χ2v) is 5.91. The van der Waals surface area contributed by atoms with E-state index < -0.39 is 0 Å². The van der Waals surface area contributed by atoms with Gasteiger partial charge in [-0.1, -0.05) is 19.1 Å². The molecule has 0 spiro atoms. The summed E-state index contributed by atoms with van der Waals surface area (Å²) in [6, 6.07) is 5.11. The summed E-state index contributed by atoms with van der Waals surface area (Å²) >= 11 is 0. The molecule has 1 aromatic rings. The van der Waals surface area contributed by atoms with Crippen LogP contribution in [0.2, 0.25) is 0 Å². The van der Waals surface area contributed by atoms with E-state index in [0.717, 1.165) is 24.3 Å². The van der Waals surface area contributed by atoms with Gasteiger partial charge >= 0.3 is 0 Å². The fraction of sp³-hybridized carbons (Fsp3) is 0.625. The molecule has 0 saturated heterocycles. The fourth-order valence-corrected chi connectivity index (χ4v) is 2.71. The Morgan fingerprint density at radius 3 is 2.63 bits per heavy atom. The number of halogens is 1. The number of ether oxygens (including phenoxy) is 1. The first-order chi connectivity index (χ1) is 9.06. The molecule has 1 aliphatic rings. The topological polar surface area (TPSA) is 35.2 Å². The first-order valence-corrected chi connectivity index (χ1v) is 7.26. The summed E-state index contributed by atoms with van der Waals surface area (Å²) in [5.41, 5.74) is 6.70. The second kappa shape index (κ2) is 6.38. The van der Waals surface area contributed by atoms with E-state index in [1.165, 1.54) is 18.9 Å². The van der Waals surface area contributed by atoms with Gasteiger partial charge in [-0.3, -0.25) is 0 Å². The van der Waals surface area contributed by atoms with E-state index in [1.807, 2.05) is 13.0 Å². The van der Waals surface area contributed by atoms with Crippen molar-refractivity contribution in [2.45, 2.75) is 58.1 Å². The first kappa shape index (κ1) is 14.3. The predicted molar refractivity (Wildman–Crippen MR) is 75.8 cm³/mol. The van der Waals surface area contributed by atoms with Gasteiger partial charge in [-0.15, -0.1) is 0 Å². The standard InChI is InChI=1S/C16H24FNO/c1-11-6-8-14(9-7-11)19-16-13(10-12(2)18)4-3-5-15(16)17/h3-5,11-12,14H,6-10,18H2,1-2H3. The van der Waals surface area contributed by atoms with Gasteiger partial charge in [0.1, 0.15) is 0 Å². The maximum Gasteiger partial charge on any atom is 0.165 e. The maximum atomic E-state index is 14.0. The number of nitrogens with two attached hydrogens (primary N) is 1. The molecule has 1 unspecified atom stereocenters. The van der Waals surface area contributed by atoms with Crippen LogP contribution in [0.4, 0.5) is 4.39 Å². The predicted octanol–water partition coefficient (Wildman–Crippen LogP) is 3.67. The summed E-state index contributed by atoms with van der Waals surface area (Å²) in [5.74, 6) is 0.917. The van der Waals surface area contributed by atoms with Gasteiger partial charge in [-0.05, 0) is 56.6 Å². The summed E-state index contributed by atoms with van der Waals surface area (Å²) in [6.45, 7) is 4.19. The average Bonchev–Trinajstić information content (AvgIpc) is 2.35. The van der Waals surface area contributed by atoms with Crippen molar-refractivity contribution >= 4 is 0 Å². The van der Waals surface area contributed by atoms with Crippen molar-refractivity contribution in [3.63, 3.8) is 0 Å². The fourth-order valence-electron chi connectivity index (χ4n) is 2.71. The Morgan fingerprint density at radius 2 is 2.00 bits per heavy atom. The summed E-state index contributed by atoms with van der Waals surface area (Å²) in [6.07, 6.45) is 5.18. The number of hydrogen-bond donors (Lipinski definition) is 1. The Hall–Kier alpha value is -1.09. The third-order valence-corrected chi connectivity index (χ3v) is 3.84. The molecule has 1 aromatic carbocycles. The zero-order chi connectivity index (χ0) is 13.8. The quantitative estimate of drug-likeness (QED) is 0.901. The van der Waals surface area contributed by atoms with Crippen molar-refractivity contribution in [2.75, 3.05) is 0 Å². The third-order valence-electron chi connectivity index (χ3n) is 3.84. The highest BCUT2D eigenvalue weighted by Gasteiger charge is 2.22. The highest BCUT2D eigenvalue weighted by molar-refractivity contribution is 5.35. The van der Waals surface area contributed by atoms with Crippen LogP contribution in [-0.2, 0) is 6.42 Å². The van der Waals surface area contributed by atoms with Crippen LogP contribution < -0.4 is 10.5 Å². The van der Waals surface area contributed by atoms with E-state index in [-0.39, 0.29) is 18.0 Å². The highest BCUT2D eigenvalue weighted by Crippen LogP contribution is 2.30. The van der Waals surface area contributed by atoms with Gasteiger partial charge in [0.05, 0.1) is 6.10 Å². The van der Waals surface area contributed by atoms with Crippen molar-refractivity contribution in [1.29, 1.82) is 0 Å². The summed E-state index contributed by atoms with van der Waals surface area (Å²) in [4.78, 5) is 0. The first-order valence-electron chi connectivity index (χ1n) is 7.26. The van der Waals surface area contributed by atoms with Crippen LogP contribution in [0.3, 0.4) is 0 Å². The molecule has 0 radical (unpaired) electrons. The monoisotopic (exact) mass is 265 g/mol. The van der Waals surface area contributed by atoms with E-state index in [9.17, 15) is 4.39 Å². The largest absolute Gasteiger partial charge is 0.487 e. The van der Waals surface area contributed by atoms with Gasteiger partial charge in [0, 0.05) is 6.04 Å². The Bertz CT molecular complexity index is 411. The molecule has 0 amide bonds. The Labute approximate surface area is 115 Å². The Balaban J connectivity index is 2.10. The number of rotatable bonds is 4. The lowest BCUT2D eigenvalue weighted by molar-refractivity contribution is 0.129. The molecule has 1 saturated carbocycles. The lowest BCUT2D eigenvalue weighted by Gasteiger charge is -2.28. The average molecular weight is 265 g/mol. The zero-order valence-corrected chi connectivity index (χ0v) is 11.9. The smallest absolute Gasteiger partial charge is 0.165 e. The number of benzene rings is 1. The van der Waals surface area contributed by atoms with E-state index in [4.69, 9.17) is 10.5 Å². The van der Waals surface area contributed by atoms with Gasteiger partial charge in [0.2, 0.25) is 0 Å². The van der Waals surface area contributed by atoms with Crippen LogP contribution in [0.15, 0.2) is 18.2 Å². The highest BCUT2D eigenvalue weighted by atomic mass is 19.1. The normalized spacial score (nSPS) is 25.1. The molecule has 0 bridgehead atoms. The van der Waals surface area contributed by atoms with Crippen LogP contribution in [0.1, 0.15) is 45.1 Å². The molecule has 19 heavy (non-hydrogen) atoms. The summed E-state index contributed by atoms with van der Waals surface area (Å²) in [7, 11) is 0. The SMILES string of the molecule is CC(N)Cc1cccc(F)c1OC1CCC(C)CC1. The molecule has 0 aromatic heterocycles. The van der Waals surface area contributed by atoms with Gasteiger partial charge in [0.25, 0.3) is 0 Å². The minimum atomic E-state index is -0.267. The van der Waals surface area contributed by atoms with Gasteiger partial charge in [-0.2, -0.15) is 0 Å². The lowest BCUT2D eigenvalue weighted by Crippen LogP contribution is -2.25. The van der Waals surface area contributed by atoms with Crippen LogP contribution in [0.25, 0.3) is 0 Å². The summed E-state index contributed by atoms with van der Waals surface area (Å²) < 4.78 is 19.9. The molecule has 2 nitrogen and oxygen atoms in total.